The minimum atomic E-state index is -2.83. The van der Waals surface area contributed by atoms with E-state index < -0.39 is 26.5 Å². The van der Waals surface area contributed by atoms with Gasteiger partial charge in [0.2, 0.25) is 0 Å². The van der Waals surface area contributed by atoms with Gasteiger partial charge in [-0.3, -0.25) is 4.79 Å². The molecule has 5 heteroatoms. The smallest absolute Gasteiger partial charge is 0.309 e. The lowest BCUT2D eigenvalue weighted by Crippen LogP contribution is -2.68. The predicted molar refractivity (Wildman–Crippen MR) is 117 cm³/mol. The summed E-state index contributed by atoms with van der Waals surface area (Å²) in [6.45, 7) is 8.60. The van der Waals surface area contributed by atoms with Crippen molar-refractivity contribution < 1.29 is 18.3 Å². The molecule has 0 amide bonds. The molecule has 0 bridgehead atoms. The van der Waals surface area contributed by atoms with Crippen LogP contribution in [0.1, 0.15) is 40.5 Å². The number of hydrogen-bond donors (Lipinski definition) is 0. The highest BCUT2D eigenvalue weighted by atomic mass is 28.4. The summed E-state index contributed by atoms with van der Waals surface area (Å²) in [5.41, 5.74) is 0. The number of benzene rings is 2. The molecule has 2 aromatic carbocycles. The number of halogens is 1. The van der Waals surface area contributed by atoms with Crippen LogP contribution in [-0.4, -0.2) is 33.2 Å². The van der Waals surface area contributed by atoms with Crippen LogP contribution in [0.2, 0.25) is 5.04 Å². The third-order valence-electron chi connectivity index (χ3n) is 5.79. The van der Waals surface area contributed by atoms with E-state index in [1.54, 1.807) is 6.92 Å². The molecular formula is C24H31FO3Si. The van der Waals surface area contributed by atoms with E-state index in [2.05, 4.69) is 45.0 Å². The van der Waals surface area contributed by atoms with Crippen molar-refractivity contribution in [1.82, 2.24) is 0 Å². The molecule has 29 heavy (non-hydrogen) atoms. The molecule has 1 saturated carbocycles. The lowest BCUT2D eigenvalue weighted by Gasteiger charge is -2.45. The highest BCUT2D eigenvalue weighted by Gasteiger charge is 2.54. The van der Waals surface area contributed by atoms with Crippen molar-refractivity contribution in [3.05, 3.63) is 60.7 Å². The summed E-state index contributed by atoms with van der Waals surface area (Å²) >= 11 is 0. The average molecular weight is 415 g/mol. The van der Waals surface area contributed by atoms with Crippen molar-refractivity contribution in [2.45, 2.75) is 57.9 Å². The average Bonchev–Trinajstić information content (AvgIpc) is 3.07. The Kier molecular flexibility index (Phi) is 6.59. The Labute approximate surface area is 174 Å². The van der Waals surface area contributed by atoms with Crippen LogP contribution in [0.25, 0.3) is 0 Å². The third kappa shape index (κ3) is 4.31. The van der Waals surface area contributed by atoms with Gasteiger partial charge in [0.1, 0.15) is 6.17 Å². The van der Waals surface area contributed by atoms with Gasteiger partial charge in [-0.05, 0) is 35.2 Å². The first-order valence-corrected chi connectivity index (χ1v) is 12.3. The van der Waals surface area contributed by atoms with Gasteiger partial charge in [0, 0.05) is 0 Å². The van der Waals surface area contributed by atoms with E-state index in [9.17, 15) is 4.79 Å². The van der Waals surface area contributed by atoms with Crippen LogP contribution in [-0.2, 0) is 14.0 Å². The van der Waals surface area contributed by atoms with Gasteiger partial charge in [0.05, 0.1) is 18.6 Å². The van der Waals surface area contributed by atoms with E-state index in [0.717, 1.165) is 10.4 Å². The summed E-state index contributed by atoms with van der Waals surface area (Å²) in [5, 5.41) is 2.01. The maximum atomic E-state index is 15.1. The molecule has 0 unspecified atom stereocenters. The summed E-state index contributed by atoms with van der Waals surface area (Å²) in [4.78, 5) is 12.2. The summed E-state index contributed by atoms with van der Waals surface area (Å²) in [5.74, 6) is -0.753. The number of esters is 1. The molecule has 3 nitrogen and oxygen atoms in total. The zero-order valence-corrected chi connectivity index (χ0v) is 18.7. The largest absolute Gasteiger partial charge is 0.466 e. The second kappa shape index (κ2) is 8.80. The third-order valence-corrected chi connectivity index (χ3v) is 10.9. The SMILES string of the molecule is CCOC(=O)[C@@H]1C[C@H](O[Si](c2ccccc2)(c2ccccc2)C(C)(C)C)[C@@H](F)C1. The Morgan fingerprint density at radius 2 is 1.52 bits per heavy atom. The van der Waals surface area contributed by atoms with Gasteiger partial charge in [-0.1, -0.05) is 81.4 Å². The zero-order valence-electron chi connectivity index (χ0n) is 17.7. The normalized spacial score (nSPS) is 22.4. The van der Waals surface area contributed by atoms with Gasteiger partial charge in [0.15, 0.2) is 0 Å². The van der Waals surface area contributed by atoms with Gasteiger partial charge in [-0.15, -0.1) is 0 Å². The molecule has 3 rings (SSSR count). The fourth-order valence-electron chi connectivity index (χ4n) is 4.44. The molecule has 3 atom stereocenters. The fourth-order valence-corrected chi connectivity index (χ4v) is 9.15. The van der Waals surface area contributed by atoms with Gasteiger partial charge in [-0.25, -0.2) is 4.39 Å². The molecule has 0 N–H and O–H groups in total. The quantitative estimate of drug-likeness (QED) is 0.524. The fraction of sp³-hybridized carbons (Fsp3) is 0.458. The molecule has 1 aliphatic rings. The summed E-state index contributed by atoms with van der Waals surface area (Å²) in [6.07, 6.45) is -1.26. The van der Waals surface area contributed by atoms with E-state index in [1.165, 1.54) is 0 Å². The maximum Gasteiger partial charge on any atom is 0.309 e. The maximum absolute atomic E-state index is 15.1. The standard InChI is InChI=1S/C24H31FO3Si/c1-5-27-23(26)18-16-21(25)22(17-18)28-29(24(2,3)4,19-12-8-6-9-13-19)20-14-10-7-11-15-20/h6-15,18,21-22H,5,16-17H2,1-4H3/t18-,21-,22-/m0/s1. The Bertz CT molecular complexity index is 764. The second-order valence-electron chi connectivity index (χ2n) is 8.76. The first-order chi connectivity index (χ1) is 13.8. The Hall–Kier alpha value is -1.98. The minimum Gasteiger partial charge on any atom is -0.466 e. The van der Waals surface area contributed by atoms with Crippen LogP contribution >= 0.6 is 0 Å². The minimum absolute atomic E-state index is 0.168. The summed E-state index contributed by atoms with van der Waals surface area (Å²) < 4.78 is 27.1. The number of rotatable bonds is 6. The van der Waals surface area contributed by atoms with Crippen LogP contribution in [0, 0.1) is 5.92 Å². The molecular weight excluding hydrogens is 383 g/mol. The highest BCUT2D eigenvalue weighted by molar-refractivity contribution is 6.99. The van der Waals surface area contributed by atoms with Crippen LogP contribution in [0.4, 0.5) is 4.39 Å². The lowest BCUT2D eigenvalue weighted by molar-refractivity contribution is -0.148. The van der Waals surface area contributed by atoms with E-state index in [1.807, 2.05) is 36.4 Å². The highest BCUT2D eigenvalue weighted by Crippen LogP contribution is 2.41. The molecule has 156 valence electrons. The summed E-state index contributed by atoms with van der Waals surface area (Å²) in [6, 6.07) is 20.4. The van der Waals surface area contributed by atoms with Crippen molar-refractivity contribution >= 4 is 24.7 Å². The van der Waals surface area contributed by atoms with Gasteiger partial charge >= 0.3 is 5.97 Å². The van der Waals surface area contributed by atoms with Gasteiger partial charge in [0.25, 0.3) is 8.32 Å². The van der Waals surface area contributed by atoms with Crippen LogP contribution in [0.15, 0.2) is 60.7 Å². The Morgan fingerprint density at radius 3 is 1.97 bits per heavy atom. The Balaban J connectivity index is 2.04. The second-order valence-corrected chi connectivity index (χ2v) is 13.0. The lowest BCUT2D eigenvalue weighted by atomic mass is 10.1. The Morgan fingerprint density at radius 1 is 1.00 bits per heavy atom. The van der Waals surface area contributed by atoms with Crippen molar-refractivity contribution in [2.75, 3.05) is 6.61 Å². The molecule has 0 aliphatic heterocycles. The number of hydrogen-bond acceptors (Lipinski definition) is 3. The van der Waals surface area contributed by atoms with Crippen molar-refractivity contribution in [1.29, 1.82) is 0 Å². The van der Waals surface area contributed by atoms with Crippen molar-refractivity contribution in [3.8, 4) is 0 Å². The van der Waals surface area contributed by atoms with E-state index >= 15 is 4.39 Å². The van der Waals surface area contributed by atoms with Gasteiger partial charge in [-0.2, -0.15) is 0 Å². The number of alkyl halides is 1. The number of carbonyl (C=O) groups is 1. The molecule has 0 heterocycles. The first kappa shape index (κ1) is 21.7. The first-order valence-electron chi connectivity index (χ1n) is 10.4. The van der Waals surface area contributed by atoms with Crippen molar-refractivity contribution in [2.24, 2.45) is 5.92 Å². The van der Waals surface area contributed by atoms with E-state index in [0.29, 0.717) is 13.0 Å². The monoisotopic (exact) mass is 414 g/mol. The van der Waals surface area contributed by atoms with Crippen LogP contribution < -0.4 is 10.4 Å². The molecule has 0 radical (unpaired) electrons. The molecule has 0 spiro atoms. The van der Waals surface area contributed by atoms with Crippen LogP contribution in [0.3, 0.4) is 0 Å². The molecule has 0 saturated heterocycles. The molecule has 0 aromatic heterocycles. The van der Waals surface area contributed by atoms with Gasteiger partial charge < -0.3 is 9.16 Å². The van der Waals surface area contributed by atoms with E-state index in [4.69, 9.17) is 9.16 Å². The summed E-state index contributed by atoms with van der Waals surface area (Å²) in [7, 11) is -2.83. The molecule has 1 fully saturated rings. The van der Waals surface area contributed by atoms with Crippen molar-refractivity contribution in [3.63, 3.8) is 0 Å². The number of ether oxygens (including phenoxy) is 1. The molecule has 2 aromatic rings. The van der Waals surface area contributed by atoms with E-state index in [-0.39, 0.29) is 17.4 Å². The van der Waals surface area contributed by atoms with Crippen LogP contribution in [0.5, 0.6) is 0 Å². The zero-order chi connectivity index (χ0) is 21.1. The predicted octanol–water partition coefficient (Wildman–Crippen LogP) is 4.24. The number of carbonyl (C=O) groups excluding carboxylic acids is 1. The topological polar surface area (TPSA) is 35.5 Å². The molecule has 1 aliphatic carbocycles.